The van der Waals surface area contributed by atoms with Gasteiger partial charge in [0.15, 0.2) is 5.78 Å². The highest BCUT2D eigenvalue weighted by Crippen LogP contribution is 2.36. The molecule has 0 amide bonds. The molecular formula is C18H15NO3. The summed E-state index contributed by atoms with van der Waals surface area (Å²) in [5, 5.41) is 10.7. The molecular weight excluding hydrogens is 278 g/mol. The Morgan fingerprint density at radius 1 is 0.955 bits per heavy atom. The van der Waals surface area contributed by atoms with Crippen LogP contribution in [0.1, 0.15) is 29.9 Å². The first-order chi connectivity index (χ1) is 10.6. The molecule has 0 saturated heterocycles. The van der Waals surface area contributed by atoms with Crippen LogP contribution >= 0.6 is 0 Å². The minimum atomic E-state index is -0.412. The summed E-state index contributed by atoms with van der Waals surface area (Å²) in [5.74, 6) is 0.182. The fourth-order valence-electron chi connectivity index (χ4n) is 2.85. The second-order valence-electron chi connectivity index (χ2n) is 5.46. The molecule has 0 aromatic heterocycles. The molecule has 0 saturated carbocycles. The average molecular weight is 293 g/mol. The van der Waals surface area contributed by atoms with Crippen molar-refractivity contribution in [3.63, 3.8) is 0 Å². The van der Waals surface area contributed by atoms with Gasteiger partial charge in [0.1, 0.15) is 0 Å². The Hall–Kier alpha value is -2.75. The van der Waals surface area contributed by atoms with Gasteiger partial charge in [0.05, 0.1) is 4.92 Å². The molecule has 0 heterocycles. The number of non-ortho nitro benzene ring substituents is 1. The third kappa shape index (κ3) is 2.96. The van der Waals surface area contributed by atoms with E-state index in [1.807, 2.05) is 30.3 Å². The maximum atomic E-state index is 12.0. The normalized spacial score (nSPS) is 17.9. The van der Waals surface area contributed by atoms with E-state index in [1.165, 1.54) is 12.1 Å². The SMILES string of the molecule is O=C1C=C(c2ccccc2)C[C@@H](c2ccc([N+](=O)[O-])cc2)C1. The van der Waals surface area contributed by atoms with Crippen molar-refractivity contribution in [1.82, 2.24) is 0 Å². The lowest BCUT2D eigenvalue weighted by Crippen LogP contribution is -2.12. The van der Waals surface area contributed by atoms with Gasteiger partial charge in [0, 0.05) is 18.6 Å². The van der Waals surface area contributed by atoms with Crippen LogP contribution in [0.5, 0.6) is 0 Å². The van der Waals surface area contributed by atoms with Crippen molar-refractivity contribution >= 4 is 17.0 Å². The Morgan fingerprint density at radius 2 is 1.64 bits per heavy atom. The van der Waals surface area contributed by atoms with E-state index in [4.69, 9.17) is 0 Å². The second kappa shape index (κ2) is 5.93. The third-order valence-corrected chi connectivity index (χ3v) is 3.97. The Kier molecular flexibility index (Phi) is 3.83. The molecule has 0 spiro atoms. The highest BCUT2D eigenvalue weighted by Gasteiger charge is 2.23. The number of allylic oxidation sites excluding steroid dienone is 2. The molecule has 3 rings (SSSR count). The molecule has 0 unspecified atom stereocenters. The van der Waals surface area contributed by atoms with Crippen LogP contribution in [0.3, 0.4) is 0 Å². The highest BCUT2D eigenvalue weighted by molar-refractivity contribution is 5.99. The number of carbonyl (C=O) groups excluding carboxylic acids is 1. The van der Waals surface area contributed by atoms with Gasteiger partial charge in [0.2, 0.25) is 0 Å². The number of nitro benzene ring substituents is 1. The molecule has 0 fully saturated rings. The number of rotatable bonds is 3. The number of hydrogen-bond acceptors (Lipinski definition) is 3. The summed E-state index contributed by atoms with van der Waals surface area (Å²) in [6.07, 6.45) is 2.94. The van der Waals surface area contributed by atoms with Crippen molar-refractivity contribution in [2.45, 2.75) is 18.8 Å². The summed E-state index contributed by atoms with van der Waals surface area (Å²) in [7, 11) is 0. The largest absolute Gasteiger partial charge is 0.295 e. The van der Waals surface area contributed by atoms with Gasteiger partial charge < -0.3 is 0 Å². The lowest BCUT2D eigenvalue weighted by Gasteiger charge is -2.22. The minimum absolute atomic E-state index is 0.0738. The first-order valence-electron chi connectivity index (χ1n) is 7.16. The summed E-state index contributed by atoms with van der Waals surface area (Å²) < 4.78 is 0. The summed E-state index contributed by atoms with van der Waals surface area (Å²) >= 11 is 0. The maximum Gasteiger partial charge on any atom is 0.269 e. The quantitative estimate of drug-likeness (QED) is 0.631. The molecule has 2 aromatic rings. The van der Waals surface area contributed by atoms with Gasteiger partial charge in [-0.3, -0.25) is 14.9 Å². The number of hydrogen-bond donors (Lipinski definition) is 0. The van der Waals surface area contributed by atoms with Crippen molar-refractivity contribution in [1.29, 1.82) is 0 Å². The molecule has 22 heavy (non-hydrogen) atoms. The smallest absolute Gasteiger partial charge is 0.269 e. The molecule has 0 bridgehead atoms. The first-order valence-corrected chi connectivity index (χ1v) is 7.16. The lowest BCUT2D eigenvalue weighted by atomic mass is 9.81. The molecule has 1 aliphatic carbocycles. The predicted octanol–water partition coefficient (Wildman–Crippen LogP) is 4.12. The van der Waals surface area contributed by atoms with Crippen LogP contribution in [-0.2, 0) is 4.79 Å². The van der Waals surface area contributed by atoms with Crippen LogP contribution < -0.4 is 0 Å². The van der Waals surface area contributed by atoms with Crippen LogP contribution in [0.15, 0.2) is 60.7 Å². The van der Waals surface area contributed by atoms with Crippen molar-refractivity contribution < 1.29 is 9.72 Å². The topological polar surface area (TPSA) is 60.2 Å². The number of carbonyl (C=O) groups is 1. The summed E-state index contributed by atoms with van der Waals surface area (Å²) in [4.78, 5) is 22.3. The van der Waals surface area contributed by atoms with Gasteiger partial charge in [-0.2, -0.15) is 0 Å². The fraction of sp³-hybridized carbons (Fsp3) is 0.167. The van der Waals surface area contributed by atoms with Gasteiger partial charge in [-0.15, -0.1) is 0 Å². The van der Waals surface area contributed by atoms with Gasteiger partial charge in [-0.1, -0.05) is 42.5 Å². The Balaban J connectivity index is 1.86. The molecule has 2 aromatic carbocycles. The van der Waals surface area contributed by atoms with Crippen molar-refractivity contribution in [3.8, 4) is 0 Å². The fourth-order valence-corrected chi connectivity index (χ4v) is 2.85. The lowest BCUT2D eigenvalue weighted by molar-refractivity contribution is -0.384. The number of nitro groups is 1. The van der Waals surface area contributed by atoms with E-state index in [0.717, 1.165) is 23.1 Å². The van der Waals surface area contributed by atoms with E-state index in [2.05, 4.69) is 0 Å². The van der Waals surface area contributed by atoms with E-state index in [-0.39, 0.29) is 17.4 Å². The second-order valence-corrected chi connectivity index (χ2v) is 5.46. The minimum Gasteiger partial charge on any atom is -0.295 e. The van der Waals surface area contributed by atoms with Crippen LogP contribution in [0.25, 0.3) is 5.57 Å². The summed E-state index contributed by atoms with van der Waals surface area (Å²) in [6.45, 7) is 0. The van der Waals surface area contributed by atoms with Crippen LogP contribution in [0, 0.1) is 10.1 Å². The third-order valence-electron chi connectivity index (χ3n) is 3.97. The molecule has 4 heteroatoms. The Bertz CT molecular complexity index is 733. The first kappa shape index (κ1) is 14.2. The van der Waals surface area contributed by atoms with Gasteiger partial charge in [-0.25, -0.2) is 0 Å². The molecule has 0 radical (unpaired) electrons. The maximum absolute atomic E-state index is 12.0. The van der Waals surface area contributed by atoms with Crippen LogP contribution in [-0.4, -0.2) is 10.7 Å². The van der Waals surface area contributed by atoms with Crippen molar-refractivity contribution in [3.05, 3.63) is 81.9 Å². The van der Waals surface area contributed by atoms with Crippen molar-refractivity contribution in [2.75, 3.05) is 0 Å². The zero-order valence-electron chi connectivity index (χ0n) is 11.9. The summed E-state index contributed by atoms with van der Waals surface area (Å²) in [6, 6.07) is 16.4. The standard InChI is InChI=1S/C18H15NO3/c20-18-11-15(13-4-2-1-3-5-13)10-16(12-18)14-6-8-17(9-7-14)19(21)22/h1-9,11,16H,10,12H2/t16-/m1/s1. The zero-order chi connectivity index (χ0) is 15.5. The molecule has 1 atom stereocenters. The zero-order valence-corrected chi connectivity index (χ0v) is 11.9. The number of benzene rings is 2. The molecule has 4 nitrogen and oxygen atoms in total. The van der Waals surface area contributed by atoms with Crippen molar-refractivity contribution in [2.24, 2.45) is 0 Å². The van der Waals surface area contributed by atoms with E-state index < -0.39 is 4.92 Å². The Labute approximate surface area is 128 Å². The van der Waals surface area contributed by atoms with E-state index in [9.17, 15) is 14.9 Å². The van der Waals surface area contributed by atoms with E-state index >= 15 is 0 Å². The number of nitrogens with zero attached hydrogens (tertiary/aromatic N) is 1. The van der Waals surface area contributed by atoms with Gasteiger partial charge in [-0.05, 0) is 35.1 Å². The van der Waals surface area contributed by atoms with E-state index in [1.54, 1.807) is 18.2 Å². The monoisotopic (exact) mass is 293 g/mol. The Morgan fingerprint density at radius 3 is 2.27 bits per heavy atom. The highest BCUT2D eigenvalue weighted by atomic mass is 16.6. The van der Waals surface area contributed by atoms with Gasteiger partial charge >= 0.3 is 0 Å². The van der Waals surface area contributed by atoms with Crippen LogP contribution in [0.4, 0.5) is 5.69 Å². The number of ketones is 1. The van der Waals surface area contributed by atoms with Crippen LogP contribution in [0.2, 0.25) is 0 Å². The molecule has 0 aliphatic heterocycles. The molecule has 0 N–H and O–H groups in total. The molecule has 110 valence electrons. The summed E-state index contributed by atoms with van der Waals surface area (Å²) in [5.41, 5.74) is 3.13. The predicted molar refractivity (Wildman–Crippen MR) is 84.5 cm³/mol. The average Bonchev–Trinajstić information content (AvgIpc) is 2.55. The van der Waals surface area contributed by atoms with Gasteiger partial charge in [0.25, 0.3) is 5.69 Å². The molecule has 1 aliphatic rings. The van der Waals surface area contributed by atoms with E-state index in [0.29, 0.717) is 6.42 Å².